The molecule has 18 heavy (non-hydrogen) atoms. The highest BCUT2D eigenvalue weighted by Gasteiger charge is 2.14. The maximum Gasteiger partial charge on any atom is 0.102 e. The van der Waals surface area contributed by atoms with Crippen LogP contribution in [0.3, 0.4) is 0 Å². The van der Waals surface area contributed by atoms with Gasteiger partial charge in [-0.3, -0.25) is 4.98 Å². The lowest BCUT2D eigenvalue weighted by Crippen LogP contribution is -2.22. The molecule has 0 radical (unpaired) electrons. The first-order valence-electron chi connectivity index (χ1n) is 6.03. The van der Waals surface area contributed by atoms with Crippen LogP contribution in [0.5, 0.6) is 0 Å². The van der Waals surface area contributed by atoms with Crippen molar-refractivity contribution in [3.63, 3.8) is 0 Å². The Hall–Kier alpha value is -1.91. The number of aryl methyl sites for hydroxylation is 1. The summed E-state index contributed by atoms with van der Waals surface area (Å²) in [7, 11) is 0. The quantitative estimate of drug-likeness (QED) is 0.901. The fourth-order valence-corrected chi connectivity index (χ4v) is 1.47. The lowest BCUT2D eigenvalue weighted by molar-refractivity contribution is 0.347. The predicted octanol–water partition coefficient (Wildman–Crippen LogP) is 2.35. The Balaban J connectivity index is 1.98. The van der Waals surface area contributed by atoms with E-state index in [4.69, 9.17) is 0 Å². The summed E-state index contributed by atoms with van der Waals surface area (Å²) >= 11 is 0. The molecule has 0 saturated heterocycles. The zero-order valence-corrected chi connectivity index (χ0v) is 11.3. The molecule has 0 atom stereocenters. The van der Waals surface area contributed by atoms with Crippen molar-refractivity contribution in [2.75, 3.05) is 5.32 Å². The second kappa shape index (κ2) is 4.76. The number of hydrogen-bond acceptors (Lipinski definition) is 4. The molecule has 2 heterocycles. The van der Waals surface area contributed by atoms with Crippen LogP contribution in [0.25, 0.3) is 0 Å². The maximum atomic E-state index is 4.23. The fraction of sp³-hybridized carbons (Fsp3) is 0.462. The Labute approximate surface area is 107 Å². The average molecular weight is 245 g/mol. The van der Waals surface area contributed by atoms with Crippen molar-refractivity contribution in [2.24, 2.45) is 0 Å². The van der Waals surface area contributed by atoms with Crippen LogP contribution in [0.15, 0.2) is 24.5 Å². The van der Waals surface area contributed by atoms with Crippen LogP contribution >= 0.6 is 0 Å². The van der Waals surface area contributed by atoms with Gasteiger partial charge in [0.2, 0.25) is 0 Å². The predicted molar refractivity (Wildman–Crippen MR) is 71.3 cm³/mol. The van der Waals surface area contributed by atoms with E-state index in [9.17, 15) is 0 Å². The third-order valence-corrected chi connectivity index (χ3v) is 2.61. The summed E-state index contributed by atoms with van der Waals surface area (Å²) in [5.41, 5.74) is 2.90. The molecule has 0 aliphatic rings. The van der Waals surface area contributed by atoms with E-state index in [1.165, 1.54) is 0 Å². The van der Waals surface area contributed by atoms with Gasteiger partial charge in [0.15, 0.2) is 0 Å². The van der Waals surface area contributed by atoms with Crippen LogP contribution in [-0.4, -0.2) is 20.0 Å². The second-order valence-corrected chi connectivity index (χ2v) is 5.37. The van der Waals surface area contributed by atoms with Crippen LogP contribution < -0.4 is 5.32 Å². The van der Waals surface area contributed by atoms with Gasteiger partial charge >= 0.3 is 0 Å². The summed E-state index contributed by atoms with van der Waals surface area (Å²) in [6.45, 7) is 8.92. The molecule has 0 bridgehead atoms. The van der Waals surface area contributed by atoms with E-state index in [-0.39, 0.29) is 5.54 Å². The van der Waals surface area contributed by atoms with E-state index in [1.807, 2.05) is 36.1 Å². The molecule has 0 aromatic carbocycles. The topological polar surface area (TPSA) is 55.6 Å². The number of nitrogens with one attached hydrogen (secondary N) is 1. The molecule has 5 nitrogen and oxygen atoms in total. The van der Waals surface area contributed by atoms with E-state index in [0.29, 0.717) is 6.54 Å². The summed E-state index contributed by atoms with van der Waals surface area (Å²) in [4.78, 5) is 4.23. The molecule has 2 aromatic heterocycles. The number of anilines is 1. The largest absolute Gasteiger partial charge is 0.378 e. The van der Waals surface area contributed by atoms with E-state index in [1.54, 1.807) is 0 Å². The van der Waals surface area contributed by atoms with Gasteiger partial charge in [-0.1, -0.05) is 5.21 Å². The van der Waals surface area contributed by atoms with Gasteiger partial charge < -0.3 is 5.32 Å². The van der Waals surface area contributed by atoms with Crippen molar-refractivity contribution in [1.29, 1.82) is 0 Å². The van der Waals surface area contributed by atoms with Gasteiger partial charge in [0.1, 0.15) is 5.69 Å². The van der Waals surface area contributed by atoms with Gasteiger partial charge in [0, 0.05) is 5.69 Å². The van der Waals surface area contributed by atoms with Crippen molar-refractivity contribution in [1.82, 2.24) is 20.0 Å². The maximum absolute atomic E-state index is 4.23. The molecular formula is C13H19N5. The zero-order chi connectivity index (χ0) is 13.2. The minimum Gasteiger partial charge on any atom is -0.378 e. The number of nitrogens with zero attached hydrogens (tertiary/aromatic N) is 4. The molecule has 2 aromatic rings. The molecule has 0 aliphatic carbocycles. The molecule has 96 valence electrons. The molecule has 0 amide bonds. The molecule has 0 saturated carbocycles. The zero-order valence-electron chi connectivity index (χ0n) is 11.3. The highest BCUT2D eigenvalue weighted by Crippen LogP contribution is 2.12. The van der Waals surface area contributed by atoms with E-state index >= 15 is 0 Å². The molecular weight excluding hydrogens is 226 g/mol. The van der Waals surface area contributed by atoms with E-state index < -0.39 is 0 Å². The Morgan fingerprint density at radius 1 is 1.28 bits per heavy atom. The molecule has 1 N–H and O–H groups in total. The Morgan fingerprint density at radius 3 is 2.61 bits per heavy atom. The van der Waals surface area contributed by atoms with Crippen molar-refractivity contribution >= 4 is 5.69 Å². The van der Waals surface area contributed by atoms with Gasteiger partial charge in [0.05, 0.1) is 30.2 Å². The van der Waals surface area contributed by atoms with Gasteiger partial charge in [-0.15, -0.1) is 5.10 Å². The third kappa shape index (κ3) is 3.06. The minimum atomic E-state index is -0.0311. The highest BCUT2D eigenvalue weighted by molar-refractivity contribution is 5.40. The fourth-order valence-electron chi connectivity index (χ4n) is 1.47. The summed E-state index contributed by atoms with van der Waals surface area (Å²) in [6, 6.07) is 3.99. The van der Waals surface area contributed by atoms with Crippen molar-refractivity contribution in [3.8, 4) is 0 Å². The van der Waals surface area contributed by atoms with Crippen LogP contribution in [0.4, 0.5) is 5.69 Å². The normalized spacial score (nSPS) is 11.6. The van der Waals surface area contributed by atoms with E-state index in [2.05, 4.69) is 41.4 Å². The Morgan fingerprint density at radius 2 is 2.06 bits per heavy atom. The molecule has 2 rings (SSSR count). The van der Waals surface area contributed by atoms with E-state index in [0.717, 1.165) is 17.1 Å². The Bertz CT molecular complexity index is 507. The van der Waals surface area contributed by atoms with Crippen molar-refractivity contribution < 1.29 is 0 Å². The molecule has 0 spiro atoms. The van der Waals surface area contributed by atoms with Crippen molar-refractivity contribution in [2.45, 2.75) is 39.8 Å². The Kier molecular flexibility index (Phi) is 3.32. The monoisotopic (exact) mass is 245 g/mol. The molecule has 0 fully saturated rings. The summed E-state index contributed by atoms with van der Waals surface area (Å²) in [5.74, 6) is 0. The lowest BCUT2D eigenvalue weighted by Gasteiger charge is -2.17. The smallest absolute Gasteiger partial charge is 0.102 e. The number of aromatic nitrogens is 4. The summed E-state index contributed by atoms with van der Waals surface area (Å²) in [5, 5.41) is 11.5. The number of hydrogen-bond donors (Lipinski definition) is 1. The molecule has 0 unspecified atom stereocenters. The molecule has 0 aliphatic heterocycles. The number of pyridine rings is 1. The standard InChI is InChI=1S/C13H19N5/c1-10-5-6-11(7-14-10)15-8-12-9-18(17-16-12)13(2,3)4/h5-7,9,15H,8H2,1-4H3. The summed E-state index contributed by atoms with van der Waals surface area (Å²) in [6.07, 6.45) is 3.79. The lowest BCUT2D eigenvalue weighted by atomic mass is 10.1. The first-order valence-corrected chi connectivity index (χ1v) is 6.03. The number of rotatable bonds is 3. The van der Waals surface area contributed by atoms with Gasteiger partial charge in [-0.05, 0) is 39.8 Å². The van der Waals surface area contributed by atoms with Crippen LogP contribution in [0.1, 0.15) is 32.2 Å². The third-order valence-electron chi connectivity index (χ3n) is 2.61. The summed E-state index contributed by atoms with van der Waals surface area (Å²) < 4.78 is 1.87. The average Bonchev–Trinajstić information content (AvgIpc) is 2.77. The van der Waals surface area contributed by atoms with Gasteiger partial charge in [-0.2, -0.15) is 0 Å². The first-order chi connectivity index (χ1) is 8.45. The van der Waals surface area contributed by atoms with Crippen LogP contribution in [0.2, 0.25) is 0 Å². The molecule has 5 heteroatoms. The van der Waals surface area contributed by atoms with Crippen molar-refractivity contribution in [3.05, 3.63) is 35.9 Å². The second-order valence-electron chi connectivity index (χ2n) is 5.37. The minimum absolute atomic E-state index is 0.0311. The SMILES string of the molecule is Cc1ccc(NCc2cn(C(C)(C)C)nn2)cn1. The highest BCUT2D eigenvalue weighted by atomic mass is 15.4. The van der Waals surface area contributed by atoms with Gasteiger partial charge in [0.25, 0.3) is 0 Å². The van der Waals surface area contributed by atoms with Gasteiger partial charge in [-0.25, -0.2) is 4.68 Å². The van der Waals surface area contributed by atoms with Crippen LogP contribution in [-0.2, 0) is 12.1 Å². The van der Waals surface area contributed by atoms with Crippen LogP contribution in [0, 0.1) is 6.92 Å². The first kappa shape index (κ1) is 12.5.